The second kappa shape index (κ2) is 4.99. The number of anilines is 1. The minimum absolute atomic E-state index is 0.148. The molecule has 1 amide bonds. The zero-order chi connectivity index (χ0) is 13.2. The number of carbonyl (C=O) groups is 1. The van der Waals surface area contributed by atoms with Gasteiger partial charge >= 0.3 is 0 Å². The molecule has 4 nitrogen and oxygen atoms in total. The first kappa shape index (κ1) is 12.1. The Labute approximate surface area is 118 Å². The van der Waals surface area contributed by atoms with E-state index in [1.54, 1.807) is 6.07 Å². The third-order valence-electron chi connectivity index (χ3n) is 2.57. The van der Waals surface area contributed by atoms with Crippen molar-refractivity contribution in [1.82, 2.24) is 10.4 Å². The fourth-order valence-electron chi connectivity index (χ4n) is 1.66. The Morgan fingerprint density at radius 3 is 3.00 bits per heavy atom. The van der Waals surface area contributed by atoms with Crippen molar-refractivity contribution in [2.45, 2.75) is 6.92 Å². The van der Waals surface area contributed by atoms with Gasteiger partial charge < -0.3 is 0 Å². The van der Waals surface area contributed by atoms with Gasteiger partial charge in [0.2, 0.25) is 5.13 Å². The first-order valence-corrected chi connectivity index (χ1v) is 7.39. The van der Waals surface area contributed by atoms with E-state index in [2.05, 4.69) is 21.9 Å². The summed E-state index contributed by atoms with van der Waals surface area (Å²) in [5, 5.41) is 2.56. The van der Waals surface area contributed by atoms with Gasteiger partial charge in [0.25, 0.3) is 5.91 Å². The molecule has 0 aliphatic rings. The molecule has 2 aromatic heterocycles. The summed E-state index contributed by atoms with van der Waals surface area (Å²) in [6, 6.07) is 9.71. The number of aryl methyl sites for hydroxylation is 1. The van der Waals surface area contributed by atoms with Crippen LogP contribution in [0.4, 0.5) is 5.13 Å². The molecule has 1 aromatic carbocycles. The first-order chi connectivity index (χ1) is 9.22. The summed E-state index contributed by atoms with van der Waals surface area (Å²) in [5.41, 5.74) is 7.64. The van der Waals surface area contributed by atoms with Crippen LogP contribution in [0.15, 0.2) is 35.7 Å². The summed E-state index contributed by atoms with van der Waals surface area (Å²) in [6.07, 6.45) is 0. The van der Waals surface area contributed by atoms with E-state index in [-0.39, 0.29) is 5.91 Å². The number of amides is 1. The van der Waals surface area contributed by atoms with Crippen LogP contribution < -0.4 is 10.9 Å². The Bertz CT molecular complexity index is 719. The average molecular weight is 289 g/mol. The predicted octanol–water partition coefficient (Wildman–Crippen LogP) is 3.42. The van der Waals surface area contributed by atoms with Crippen molar-refractivity contribution in [3.05, 3.63) is 46.2 Å². The highest BCUT2D eigenvalue weighted by Crippen LogP contribution is 2.26. The number of nitrogens with one attached hydrogen (secondary N) is 2. The van der Waals surface area contributed by atoms with Gasteiger partial charge in [-0.05, 0) is 36.1 Å². The molecule has 3 rings (SSSR count). The number of nitrogens with zero attached hydrogens (tertiary/aromatic N) is 1. The lowest BCUT2D eigenvalue weighted by atomic mass is 10.2. The molecule has 0 atom stereocenters. The second-order valence-corrected chi connectivity index (χ2v) is 6.02. The maximum absolute atomic E-state index is 11.8. The number of thiophene rings is 1. The molecule has 96 valence electrons. The van der Waals surface area contributed by atoms with Gasteiger partial charge in [-0.3, -0.25) is 15.6 Å². The minimum Gasteiger partial charge on any atom is -0.273 e. The van der Waals surface area contributed by atoms with Crippen molar-refractivity contribution in [1.29, 1.82) is 0 Å². The fraction of sp³-hybridized carbons (Fsp3) is 0.0769. The van der Waals surface area contributed by atoms with E-state index in [1.165, 1.54) is 28.2 Å². The van der Waals surface area contributed by atoms with Crippen LogP contribution in [0.1, 0.15) is 15.2 Å². The third-order valence-corrected chi connectivity index (χ3v) is 4.37. The molecule has 6 heteroatoms. The number of hydrogen-bond donors (Lipinski definition) is 2. The Hall–Kier alpha value is -1.92. The summed E-state index contributed by atoms with van der Waals surface area (Å²) < 4.78 is 1.10. The molecule has 0 aliphatic heterocycles. The number of aromatic nitrogens is 1. The normalized spacial score (nSPS) is 10.6. The molecule has 2 N–H and O–H groups in total. The van der Waals surface area contributed by atoms with Crippen molar-refractivity contribution in [3.63, 3.8) is 0 Å². The van der Waals surface area contributed by atoms with Gasteiger partial charge in [-0.2, -0.15) is 0 Å². The van der Waals surface area contributed by atoms with E-state index in [9.17, 15) is 4.79 Å². The van der Waals surface area contributed by atoms with Gasteiger partial charge in [-0.25, -0.2) is 4.98 Å². The Kier molecular flexibility index (Phi) is 3.18. The number of benzene rings is 1. The standard InChI is InChI=1S/C13H11N3OS2/c1-8-4-5-9-11(7-8)19-13(14-9)16-15-12(17)10-3-2-6-18-10/h2-7H,1H3,(H,14,16)(H,15,17). The van der Waals surface area contributed by atoms with Gasteiger partial charge in [0.1, 0.15) is 0 Å². The van der Waals surface area contributed by atoms with Crippen molar-refractivity contribution in [2.24, 2.45) is 0 Å². The van der Waals surface area contributed by atoms with Crippen molar-refractivity contribution >= 4 is 43.9 Å². The van der Waals surface area contributed by atoms with Crippen LogP contribution in [-0.2, 0) is 0 Å². The van der Waals surface area contributed by atoms with Gasteiger partial charge in [0, 0.05) is 0 Å². The molecule has 0 spiro atoms. The van der Waals surface area contributed by atoms with Crippen LogP contribution in [0.25, 0.3) is 10.2 Å². The largest absolute Gasteiger partial charge is 0.279 e. The zero-order valence-electron chi connectivity index (χ0n) is 10.1. The van der Waals surface area contributed by atoms with E-state index in [4.69, 9.17) is 0 Å². The van der Waals surface area contributed by atoms with E-state index < -0.39 is 0 Å². The number of hydrazine groups is 1. The Morgan fingerprint density at radius 1 is 1.32 bits per heavy atom. The average Bonchev–Trinajstić information content (AvgIpc) is 3.04. The number of carbonyl (C=O) groups excluding carboxylic acids is 1. The van der Waals surface area contributed by atoms with Crippen LogP contribution >= 0.6 is 22.7 Å². The van der Waals surface area contributed by atoms with Gasteiger partial charge in [-0.15, -0.1) is 11.3 Å². The molecule has 0 saturated heterocycles. The molecule has 0 saturated carbocycles. The van der Waals surface area contributed by atoms with Crippen molar-refractivity contribution < 1.29 is 4.79 Å². The quantitative estimate of drug-likeness (QED) is 0.726. The Balaban J connectivity index is 1.73. The van der Waals surface area contributed by atoms with E-state index in [1.807, 2.05) is 30.5 Å². The minimum atomic E-state index is -0.148. The van der Waals surface area contributed by atoms with Crippen LogP contribution in [0, 0.1) is 6.92 Å². The maximum atomic E-state index is 11.8. The summed E-state index contributed by atoms with van der Waals surface area (Å²) in [5.74, 6) is -0.148. The van der Waals surface area contributed by atoms with Crippen LogP contribution in [-0.4, -0.2) is 10.9 Å². The second-order valence-electron chi connectivity index (χ2n) is 4.05. The molecular weight excluding hydrogens is 278 g/mol. The summed E-state index contributed by atoms with van der Waals surface area (Å²) in [4.78, 5) is 16.8. The SMILES string of the molecule is Cc1ccc2nc(NNC(=O)c3cccs3)sc2c1. The maximum Gasteiger partial charge on any atom is 0.279 e. The number of rotatable bonds is 3. The van der Waals surface area contributed by atoms with Crippen LogP contribution in [0.5, 0.6) is 0 Å². The van der Waals surface area contributed by atoms with Crippen molar-refractivity contribution in [3.8, 4) is 0 Å². The lowest BCUT2D eigenvalue weighted by molar-refractivity contribution is 0.0966. The molecule has 0 radical (unpaired) electrons. The van der Waals surface area contributed by atoms with Crippen molar-refractivity contribution in [2.75, 3.05) is 5.43 Å². The van der Waals surface area contributed by atoms with E-state index in [0.29, 0.717) is 10.0 Å². The van der Waals surface area contributed by atoms with E-state index in [0.717, 1.165) is 10.2 Å². The predicted molar refractivity (Wildman–Crippen MR) is 79.8 cm³/mol. The highest BCUT2D eigenvalue weighted by Gasteiger charge is 2.07. The topological polar surface area (TPSA) is 54.0 Å². The molecule has 0 bridgehead atoms. The highest BCUT2D eigenvalue weighted by molar-refractivity contribution is 7.22. The fourth-order valence-corrected chi connectivity index (χ4v) is 3.20. The van der Waals surface area contributed by atoms with Gasteiger partial charge in [0.05, 0.1) is 15.1 Å². The zero-order valence-corrected chi connectivity index (χ0v) is 11.8. The molecule has 0 fully saturated rings. The lowest BCUT2D eigenvalue weighted by Gasteiger charge is -2.02. The third kappa shape index (κ3) is 2.59. The lowest BCUT2D eigenvalue weighted by Crippen LogP contribution is -2.28. The van der Waals surface area contributed by atoms with Gasteiger partial charge in [0.15, 0.2) is 0 Å². The monoisotopic (exact) mass is 289 g/mol. The summed E-state index contributed by atoms with van der Waals surface area (Å²) >= 11 is 2.92. The molecule has 2 heterocycles. The smallest absolute Gasteiger partial charge is 0.273 e. The van der Waals surface area contributed by atoms with Crippen LogP contribution in [0.3, 0.4) is 0 Å². The van der Waals surface area contributed by atoms with Crippen LogP contribution in [0.2, 0.25) is 0 Å². The molecule has 19 heavy (non-hydrogen) atoms. The first-order valence-electron chi connectivity index (χ1n) is 5.69. The Morgan fingerprint density at radius 2 is 2.21 bits per heavy atom. The summed E-state index contributed by atoms with van der Waals surface area (Å²) in [6.45, 7) is 2.05. The molecule has 0 aliphatic carbocycles. The summed E-state index contributed by atoms with van der Waals surface area (Å²) in [7, 11) is 0. The molecule has 3 aromatic rings. The van der Waals surface area contributed by atoms with E-state index >= 15 is 0 Å². The van der Waals surface area contributed by atoms with Gasteiger partial charge in [-0.1, -0.05) is 23.5 Å². The molecular formula is C13H11N3OS2. The number of thiazole rings is 1. The number of fused-ring (bicyclic) bond motifs is 1. The number of hydrogen-bond acceptors (Lipinski definition) is 5. The highest BCUT2D eigenvalue weighted by atomic mass is 32.1. The molecule has 0 unspecified atom stereocenters.